The number of rotatable bonds is 3. The highest BCUT2D eigenvalue weighted by molar-refractivity contribution is 7.91. The Morgan fingerprint density at radius 1 is 1.50 bits per heavy atom. The molecule has 0 bridgehead atoms. The maximum atomic E-state index is 11.8. The van der Waals surface area contributed by atoms with Crippen molar-refractivity contribution in [1.29, 1.82) is 0 Å². The summed E-state index contributed by atoms with van der Waals surface area (Å²) < 4.78 is 22.7. The molecule has 6 heteroatoms. The minimum atomic E-state index is -2.94. The summed E-state index contributed by atoms with van der Waals surface area (Å²) in [5.41, 5.74) is 0. The van der Waals surface area contributed by atoms with Crippen LogP contribution in [0.2, 0.25) is 0 Å². The van der Waals surface area contributed by atoms with E-state index in [0.29, 0.717) is 6.54 Å². The van der Waals surface area contributed by atoms with E-state index in [2.05, 4.69) is 5.32 Å². The number of nitrogens with zero attached hydrogens (tertiary/aromatic N) is 1. The molecule has 0 aromatic rings. The van der Waals surface area contributed by atoms with Gasteiger partial charge in [0.2, 0.25) is 5.91 Å². The standard InChI is InChI=1S/C10H20N2O3S/c1-8(2)11-6-10(13)12-4-5-16(14,15)7-9(12)3/h8-9,11H,4-7H2,1-3H3. The van der Waals surface area contributed by atoms with Crippen molar-refractivity contribution in [2.45, 2.75) is 32.9 Å². The van der Waals surface area contributed by atoms with Crippen molar-refractivity contribution in [2.75, 3.05) is 24.6 Å². The maximum Gasteiger partial charge on any atom is 0.236 e. The summed E-state index contributed by atoms with van der Waals surface area (Å²) in [6.07, 6.45) is 0. The molecule has 16 heavy (non-hydrogen) atoms. The molecule has 5 nitrogen and oxygen atoms in total. The van der Waals surface area contributed by atoms with Gasteiger partial charge in [0.15, 0.2) is 9.84 Å². The molecule has 0 aromatic carbocycles. The highest BCUT2D eigenvalue weighted by Crippen LogP contribution is 2.11. The van der Waals surface area contributed by atoms with Crippen molar-refractivity contribution in [3.8, 4) is 0 Å². The normalized spacial score (nSPS) is 24.8. The van der Waals surface area contributed by atoms with Crippen LogP contribution in [0.15, 0.2) is 0 Å². The van der Waals surface area contributed by atoms with Crippen molar-refractivity contribution in [3.05, 3.63) is 0 Å². The Morgan fingerprint density at radius 2 is 2.12 bits per heavy atom. The van der Waals surface area contributed by atoms with Crippen LogP contribution < -0.4 is 5.32 Å². The number of nitrogens with one attached hydrogen (secondary N) is 1. The molecule has 0 aliphatic carbocycles. The van der Waals surface area contributed by atoms with E-state index < -0.39 is 9.84 Å². The molecule has 0 saturated carbocycles. The first-order chi connectivity index (χ1) is 7.32. The highest BCUT2D eigenvalue weighted by atomic mass is 32.2. The molecule has 1 aliphatic heterocycles. The van der Waals surface area contributed by atoms with Gasteiger partial charge >= 0.3 is 0 Å². The monoisotopic (exact) mass is 248 g/mol. The van der Waals surface area contributed by atoms with E-state index >= 15 is 0 Å². The van der Waals surface area contributed by atoms with Crippen molar-refractivity contribution >= 4 is 15.7 Å². The van der Waals surface area contributed by atoms with E-state index in [-0.39, 0.29) is 36.0 Å². The van der Waals surface area contributed by atoms with Crippen LogP contribution >= 0.6 is 0 Å². The molecule has 0 aromatic heterocycles. The summed E-state index contributed by atoms with van der Waals surface area (Å²) in [5, 5.41) is 3.04. The van der Waals surface area contributed by atoms with Gasteiger partial charge in [-0.25, -0.2) is 8.42 Å². The Kier molecular flexibility index (Phi) is 4.32. The van der Waals surface area contributed by atoms with Crippen molar-refractivity contribution < 1.29 is 13.2 Å². The van der Waals surface area contributed by atoms with Crippen LogP contribution in [0.3, 0.4) is 0 Å². The van der Waals surface area contributed by atoms with Gasteiger partial charge in [0, 0.05) is 18.6 Å². The minimum absolute atomic E-state index is 0.0175. The van der Waals surface area contributed by atoms with E-state index in [0.717, 1.165) is 0 Å². The molecule has 1 saturated heterocycles. The first-order valence-corrected chi connectivity index (χ1v) is 7.37. The largest absolute Gasteiger partial charge is 0.337 e. The highest BCUT2D eigenvalue weighted by Gasteiger charge is 2.30. The zero-order chi connectivity index (χ0) is 12.3. The minimum Gasteiger partial charge on any atom is -0.337 e. The van der Waals surface area contributed by atoms with E-state index in [1.807, 2.05) is 13.8 Å². The molecule has 1 N–H and O–H groups in total. The first kappa shape index (κ1) is 13.4. The van der Waals surface area contributed by atoms with Gasteiger partial charge in [0.1, 0.15) is 0 Å². The van der Waals surface area contributed by atoms with Gasteiger partial charge < -0.3 is 10.2 Å². The summed E-state index contributed by atoms with van der Waals surface area (Å²) in [5.74, 6) is 0.154. The van der Waals surface area contributed by atoms with Crippen LogP contribution in [-0.4, -0.2) is 55.9 Å². The maximum absolute atomic E-state index is 11.8. The third-order valence-electron chi connectivity index (χ3n) is 2.65. The molecule has 0 radical (unpaired) electrons. The molecule has 94 valence electrons. The fourth-order valence-corrected chi connectivity index (χ4v) is 3.32. The average molecular weight is 248 g/mol. The Labute approximate surface area is 97.1 Å². The van der Waals surface area contributed by atoms with Crippen LogP contribution in [-0.2, 0) is 14.6 Å². The number of carbonyl (C=O) groups excluding carboxylic acids is 1. The molecule has 1 unspecified atom stereocenters. The molecule has 1 amide bonds. The Morgan fingerprint density at radius 3 is 2.62 bits per heavy atom. The number of carbonyl (C=O) groups is 1. The third-order valence-corrected chi connectivity index (χ3v) is 4.45. The van der Waals surface area contributed by atoms with Crippen molar-refractivity contribution in [2.24, 2.45) is 0 Å². The van der Waals surface area contributed by atoms with Crippen molar-refractivity contribution in [1.82, 2.24) is 10.2 Å². The fourth-order valence-electron chi connectivity index (χ4n) is 1.76. The molecule has 0 spiro atoms. The van der Waals surface area contributed by atoms with E-state index in [9.17, 15) is 13.2 Å². The number of amides is 1. The predicted octanol–water partition coefficient (Wildman–Crippen LogP) is -0.370. The average Bonchev–Trinajstić information content (AvgIpc) is 2.12. The second-order valence-corrected chi connectivity index (χ2v) is 6.81. The Bertz CT molecular complexity index is 351. The van der Waals surface area contributed by atoms with Crippen LogP contribution in [0.4, 0.5) is 0 Å². The Balaban J connectivity index is 2.52. The second kappa shape index (κ2) is 5.14. The van der Waals surface area contributed by atoms with Gasteiger partial charge in [0.05, 0.1) is 18.1 Å². The first-order valence-electron chi connectivity index (χ1n) is 5.55. The number of hydrogen-bond donors (Lipinski definition) is 1. The van der Waals surface area contributed by atoms with Gasteiger partial charge in [-0.05, 0) is 6.92 Å². The van der Waals surface area contributed by atoms with Crippen molar-refractivity contribution in [3.63, 3.8) is 0 Å². The summed E-state index contributed by atoms with van der Waals surface area (Å²) in [4.78, 5) is 13.4. The summed E-state index contributed by atoms with van der Waals surface area (Å²) >= 11 is 0. The smallest absolute Gasteiger partial charge is 0.236 e. The van der Waals surface area contributed by atoms with E-state index in [1.54, 1.807) is 11.8 Å². The van der Waals surface area contributed by atoms with E-state index in [4.69, 9.17) is 0 Å². The molecular weight excluding hydrogens is 228 g/mol. The van der Waals surface area contributed by atoms with Gasteiger partial charge in [-0.2, -0.15) is 0 Å². The van der Waals surface area contributed by atoms with Gasteiger partial charge in [-0.15, -0.1) is 0 Å². The predicted molar refractivity (Wildman–Crippen MR) is 63.0 cm³/mol. The van der Waals surface area contributed by atoms with Gasteiger partial charge in [0.25, 0.3) is 0 Å². The zero-order valence-corrected chi connectivity index (χ0v) is 10.9. The summed E-state index contributed by atoms with van der Waals surface area (Å²) in [6, 6.07) is 0.0491. The third kappa shape index (κ3) is 3.75. The lowest BCUT2D eigenvalue weighted by molar-refractivity contribution is -0.131. The number of hydrogen-bond acceptors (Lipinski definition) is 4. The second-order valence-electron chi connectivity index (χ2n) is 4.59. The molecule has 1 fully saturated rings. The lowest BCUT2D eigenvalue weighted by Gasteiger charge is -2.33. The Hall–Kier alpha value is -0.620. The van der Waals surface area contributed by atoms with Crippen LogP contribution in [0.25, 0.3) is 0 Å². The quantitative estimate of drug-likeness (QED) is 0.740. The van der Waals surface area contributed by atoms with Crippen LogP contribution in [0, 0.1) is 0 Å². The lowest BCUT2D eigenvalue weighted by Crippen LogP contribution is -2.52. The van der Waals surface area contributed by atoms with E-state index in [1.165, 1.54) is 0 Å². The SMILES string of the molecule is CC(C)NCC(=O)N1CCS(=O)(=O)CC1C. The molecular formula is C10H20N2O3S. The molecule has 1 rings (SSSR count). The van der Waals surface area contributed by atoms with Gasteiger partial charge in [-0.1, -0.05) is 13.8 Å². The van der Waals surface area contributed by atoms with Gasteiger partial charge in [-0.3, -0.25) is 4.79 Å². The molecule has 1 heterocycles. The molecule has 1 aliphatic rings. The molecule has 1 atom stereocenters. The number of sulfone groups is 1. The lowest BCUT2D eigenvalue weighted by atomic mass is 10.3. The van der Waals surface area contributed by atoms with Crippen LogP contribution in [0.1, 0.15) is 20.8 Å². The fraction of sp³-hybridized carbons (Fsp3) is 0.900. The van der Waals surface area contributed by atoms with Crippen LogP contribution in [0.5, 0.6) is 0 Å². The zero-order valence-electron chi connectivity index (χ0n) is 10.1. The topological polar surface area (TPSA) is 66.5 Å². The summed E-state index contributed by atoms with van der Waals surface area (Å²) in [6.45, 7) is 6.32. The summed E-state index contributed by atoms with van der Waals surface area (Å²) in [7, 11) is -2.94.